The highest BCUT2D eigenvalue weighted by atomic mass is 32.2. The molecule has 110 valence electrons. The van der Waals surface area contributed by atoms with E-state index in [0.717, 1.165) is 12.8 Å². The lowest BCUT2D eigenvalue weighted by Gasteiger charge is -2.32. The van der Waals surface area contributed by atoms with E-state index in [4.69, 9.17) is 0 Å². The summed E-state index contributed by atoms with van der Waals surface area (Å²) >= 11 is 0. The highest BCUT2D eigenvalue weighted by Crippen LogP contribution is 2.41. The number of hydrogen-bond donors (Lipinski definition) is 0. The monoisotopic (exact) mass is 297 g/mol. The minimum absolute atomic E-state index is 0.250. The van der Waals surface area contributed by atoms with Crippen LogP contribution in [0.2, 0.25) is 0 Å². The first-order valence-electron chi connectivity index (χ1n) is 6.77. The fourth-order valence-corrected chi connectivity index (χ4v) is 4.41. The van der Waals surface area contributed by atoms with Gasteiger partial charge in [-0.15, -0.1) is 0 Å². The van der Waals surface area contributed by atoms with Gasteiger partial charge in [0.1, 0.15) is 4.90 Å². The van der Waals surface area contributed by atoms with E-state index < -0.39 is 10.0 Å². The summed E-state index contributed by atoms with van der Waals surface area (Å²) in [5.74, 6) is 0.365. The van der Waals surface area contributed by atoms with Crippen molar-refractivity contribution in [2.75, 3.05) is 13.1 Å². The van der Waals surface area contributed by atoms with Gasteiger partial charge in [0.25, 0.3) is 0 Å². The van der Waals surface area contributed by atoms with Gasteiger partial charge in [-0.1, -0.05) is 0 Å². The van der Waals surface area contributed by atoms with Crippen molar-refractivity contribution in [1.29, 1.82) is 0 Å². The highest BCUT2D eigenvalue weighted by molar-refractivity contribution is 7.89. The normalized spacial score (nSPS) is 23.1. The Morgan fingerprint density at radius 1 is 1.30 bits per heavy atom. The zero-order valence-corrected chi connectivity index (χ0v) is 12.8. The summed E-state index contributed by atoms with van der Waals surface area (Å²) in [6.45, 7) is 4.84. The van der Waals surface area contributed by atoms with Crippen LogP contribution in [0.4, 0.5) is 0 Å². The lowest BCUT2D eigenvalue weighted by atomic mass is 9.89. The van der Waals surface area contributed by atoms with Gasteiger partial charge < -0.3 is 0 Å². The molecule has 0 unspecified atom stereocenters. The van der Waals surface area contributed by atoms with Crippen molar-refractivity contribution in [3.8, 4) is 0 Å². The lowest BCUT2D eigenvalue weighted by molar-refractivity contribution is 0.232. The number of nitrogens with zero attached hydrogens (tertiary/aromatic N) is 5. The Balaban J connectivity index is 1.75. The van der Waals surface area contributed by atoms with Gasteiger partial charge in [0, 0.05) is 26.1 Å². The van der Waals surface area contributed by atoms with Gasteiger partial charge in [0.2, 0.25) is 10.0 Å². The van der Waals surface area contributed by atoms with Crippen molar-refractivity contribution >= 4 is 10.0 Å². The summed E-state index contributed by atoms with van der Waals surface area (Å²) in [6.07, 6.45) is 3.05. The largest absolute Gasteiger partial charge is 0.272 e. The lowest BCUT2D eigenvalue weighted by Crippen LogP contribution is -2.41. The average molecular weight is 297 g/mol. The van der Waals surface area contributed by atoms with Gasteiger partial charge in [0.15, 0.2) is 5.66 Å². The maximum absolute atomic E-state index is 12.6. The summed E-state index contributed by atoms with van der Waals surface area (Å²) in [7, 11) is -1.68. The summed E-state index contributed by atoms with van der Waals surface area (Å²) in [6, 6.07) is 0. The van der Waals surface area contributed by atoms with Crippen LogP contribution in [-0.2, 0) is 17.1 Å². The van der Waals surface area contributed by atoms with E-state index in [-0.39, 0.29) is 5.66 Å². The number of rotatable bonds is 3. The first-order valence-corrected chi connectivity index (χ1v) is 8.21. The number of aryl methyl sites for hydroxylation is 1. The number of sulfonamides is 1. The fourth-order valence-electron chi connectivity index (χ4n) is 2.76. The van der Waals surface area contributed by atoms with E-state index in [1.165, 1.54) is 6.20 Å². The first-order chi connectivity index (χ1) is 9.34. The third-order valence-corrected chi connectivity index (χ3v) is 6.45. The zero-order valence-electron chi connectivity index (χ0n) is 11.9. The van der Waals surface area contributed by atoms with Crippen LogP contribution in [0.25, 0.3) is 0 Å². The van der Waals surface area contributed by atoms with E-state index in [1.807, 2.05) is 6.92 Å². The van der Waals surface area contributed by atoms with Crippen LogP contribution >= 0.6 is 0 Å². The highest BCUT2D eigenvalue weighted by Gasteiger charge is 2.45. The van der Waals surface area contributed by atoms with Crippen LogP contribution in [0.5, 0.6) is 0 Å². The third-order valence-electron chi connectivity index (χ3n) is 4.45. The van der Waals surface area contributed by atoms with Crippen LogP contribution in [-0.4, -0.2) is 41.3 Å². The molecule has 0 radical (unpaired) electrons. The molecule has 0 aliphatic carbocycles. The van der Waals surface area contributed by atoms with Crippen LogP contribution in [0.1, 0.15) is 25.5 Å². The van der Waals surface area contributed by atoms with E-state index in [9.17, 15) is 8.42 Å². The van der Waals surface area contributed by atoms with Crippen LogP contribution in [0.15, 0.2) is 21.3 Å². The molecule has 1 aromatic heterocycles. The Morgan fingerprint density at radius 3 is 2.35 bits per heavy atom. The smallest absolute Gasteiger partial charge is 0.246 e. The predicted octanol–water partition coefficient (Wildman–Crippen LogP) is 1.31. The van der Waals surface area contributed by atoms with Gasteiger partial charge >= 0.3 is 0 Å². The molecule has 0 aromatic carbocycles. The van der Waals surface area contributed by atoms with Crippen molar-refractivity contribution in [1.82, 2.24) is 14.1 Å². The molecule has 0 atom stereocenters. The molecule has 0 saturated carbocycles. The second-order valence-corrected chi connectivity index (χ2v) is 7.60. The Bertz CT molecular complexity index is 649. The van der Waals surface area contributed by atoms with Crippen molar-refractivity contribution < 1.29 is 8.42 Å². The number of aromatic nitrogens is 2. The standard InChI is InChI=1S/C12H19N5O2S/c1-9-11(8-13-16(9)3)20(18,19)17-6-4-10(5-7-17)12(2)14-15-12/h8,10H,4-7H2,1-3H3. The molecule has 2 aliphatic heterocycles. The van der Waals surface area contributed by atoms with Crippen molar-refractivity contribution in [3.05, 3.63) is 11.9 Å². The molecule has 0 spiro atoms. The minimum Gasteiger partial charge on any atom is -0.272 e. The number of hydrogen-bond acceptors (Lipinski definition) is 5. The molecule has 3 rings (SSSR count). The minimum atomic E-state index is -3.43. The second kappa shape index (κ2) is 4.36. The Hall–Kier alpha value is -1.28. The van der Waals surface area contributed by atoms with E-state index in [0.29, 0.717) is 29.6 Å². The maximum Gasteiger partial charge on any atom is 0.246 e. The Morgan fingerprint density at radius 2 is 1.90 bits per heavy atom. The van der Waals surface area contributed by atoms with E-state index in [1.54, 1.807) is 23.0 Å². The molecule has 3 heterocycles. The molecule has 0 amide bonds. The van der Waals surface area contributed by atoms with Crippen molar-refractivity contribution in [2.45, 2.75) is 37.2 Å². The quantitative estimate of drug-likeness (QED) is 0.843. The zero-order chi connectivity index (χ0) is 14.5. The third kappa shape index (κ3) is 2.07. The molecule has 1 aromatic rings. The van der Waals surface area contributed by atoms with Crippen molar-refractivity contribution in [2.24, 2.45) is 23.2 Å². The van der Waals surface area contributed by atoms with Gasteiger partial charge in [-0.2, -0.15) is 19.6 Å². The average Bonchev–Trinajstić information content (AvgIpc) is 3.08. The Kier molecular flexibility index (Phi) is 2.98. The molecule has 0 bridgehead atoms. The van der Waals surface area contributed by atoms with Gasteiger partial charge in [0.05, 0.1) is 11.9 Å². The summed E-state index contributed by atoms with van der Waals surface area (Å²) in [5.41, 5.74) is 0.423. The molecular formula is C12H19N5O2S. The topological polar surface area (TPSA) is 79.9 Å². The van der Waals surface area contributed by atoms with E-state index in [2.05, 4.69) is 15.3 Å². The molecule has 0 N–H and O–H groups in total. The van der Waals surface area contributed by atoms with Crippen molar-refractivity contribution in [3.63, 3.8) is 0 Å². The summed E-state index contributed by atoms with van der Waals surface area (Å²) < 4.78 is 28.4. The van der Waals surface area contributed by atoms with E-state index >= 15 is 0 Å². The second-order valence-electron chi connectivity index (χ2n) is 5.69. The van der Waals surface area contributed by atoms with Crippen LogP contribution in [0.3, 0.4) is 0 Å². The van der Waals surface area contributed by atoms with Gasteiger partial charge in [-0.05, 0) is 26.7 Å². The summed E-state index contributed by atoms with van der Waals surface area (Å²) in [5, 5.41) is 12.2. The first kappa shape index (κ1) is 13.7. The summed E-state index contributed by atoms with van der Waals surface area (Å²) in [4.78, 5) is 0.311. The molecular weight excluding hydrogens is 278 g/mol. The molecule has 1 saturated heterocycles. The molecule has 20 heavy (non-hydrogen) atoms. The molecule has 1 fully saturated rings. The molecule has 8 heteroatoms. The SMILES string of the molecule is Cc1c(S(=O)(=O)N2CCC(C3(C)N=N3)CC2)cnn1C. The van der Waals surface area contributed by atoms with Gasteiger partial charge in [-0.25, -0.2) is 8.42 Å². The Labute approximate surface area is 118 Å². The molecule has 2 aliphatic rings. The predicted molar refractivity (Wildman–Crippen MR) is 72.7 cm³/mol. The fraction of sp³-hybridized carbons (Fsp3) is 0.750. The molecule has 7 nitrogen and oxygen atoms in total. The number of piperidine rings is 1. The van der Waals surface area contributed by atoms with Crippen LogP contribution < -0.4 is 0 Å². The maximum atomic E-state index is 12.6. The van der Waals surface area contributed by atoms with Gasteiger partial charge in [-0.3, -0.25) is 4.68 Å². The van der Waals surface area contributed by atoms with Crippen LogP contribution in [0, 0.1) is 12.8 Å².